The van der Waals surface area contributed by atoms with Crippen molar-refractivity contribution in [3.05, 3.63) is 0 Å². The summed E-state index contributed by atoms with van der Waals surface area (Å²) in [6.07, 6.45) is 7.50. The number of unbranched alkanes of at least 4 members (excludes halogenated alkanes) is 4. The molecule has 0 amide bonds. The van der Waals surface area contributed by atoms with Gasteiger partial charge in [-0.2, -0.15) is 0 Å². The third kappa shape index (κ3) is 8.08. The lowest BCUT2D eigenvalue weighted by Gasteiger charge is -2.30. The first-order chi connectivity index (χ1) is 7.55. The highest BCUT2D eigenvalue weighted by molar-refractivity contribution is 4.81. The molecule has 0 rings (SSSR count). The first-order valence-electron chi connectivity index (χ1n) is 6.55. The molecule has 3 heteroatoms. The lowest BCUT2D eigenvalue weighted by atomic mass is 9.95. The Labute approximate surface area is 100 Å². The van der Waals surface area contributed by atoms with Crippen molar-refractivity contribution in [2.45, 2.75) is 70.9 Å². The van der Waals surface area contributed by atoms with Crippen LogP contribution in [0.4, 0.5) is 0 Å². The zero-order valence-electron chi connectivity index (χ0n) is 11.1. The minimum Gasteiger partial charge on any atom is -0.395 e. The Hall–Kier alpha value is -0.120. The molecule has 0 heterocycles. The van der Waals surface area contributed by atoms with Crippen molar-refractivity contribution >= 4 is 0 Å². The van der Waals surface area contributed by atoms with Crippen LogP contribution in [0, 0.1) is 0 Å². The van der Waals surface area contributed by atoms with Gasteiger partial charge < -0.3 is 15.5 Å². The third-order valence-corrected chi connectivity index (χ3v) is 2.94. The van der Waals surface area contributed by atoms with Gasteiger partial charge in [0.05, 0.1) is 19.3 Å². The summed E-state index contributed by atoms with van der Waals surface area (Å²) in [6, 6.07) is -0.189. The molecule has 0 aromatic carbocycles. The maximum Gasteiger partial charge on any atom is 0.0607 e. The average molecular weight is 231 g/mol. The van der Waals surface area contributed by atoms with Crippen LogP contribution in [0.2, 0.25) is 0 Å². The fourth-order valence-corrected chi connectivity index (χ4v) is 1.94. The van der Waals surface area contributed by atoms with Gasteiger partial charge in [0, 0.05) is 5.54 Å². The van der Waals surface area contributed by atoms with E-state index in [1.807, 2.05) is 0 Å². The molecule has 0 saturated heterocycles. The van der Waals surface area contributed by atoms with E-state index in [2.05, 4.69) is 26.1 Å². The summed E-state index contributed by atoms with van der Waals surface area (Å²) in [5, 5.41) is 21.3. The molecule has 0 aliphatic rings. The van der Waals surface area contributed by atoms with E-state index in [1.54, 1.807) is 0 Å². The number of hydrogen-bond donors (Lipinski definition) is 3. The third-order valence-electron chi connectivity index (χ3n) is 2.94. The Balaban J connectivity index is 3.68. The van der Waals surface area contributed by atoms with Crippen LogP contribution in [0.25, 0.3) is 0 Å². The van der Waals surface area contributed by atoms with E-state index >= 15 is 0 Å². The van der Waals surface area contributed by atoms with Crippen molar-refractivity contribution in [3.8, 4) is 0 Å². The number of aliphatic hydroxyl groups is 2. The van der Waals surface area contributed by atoms with Crippen LogP contribution < -0.4 is 5.32 Å². The molecule has 0 atom stereocenters. The normalized spacial score (nSPS) is 12.4. The van der Waals surface area contributed by atoms with Crippen LogP contribution in [0.1, 0.15) is 59.3 Å². The van der Waals surface area contributed by atoms with Gasteiger partial charge in [-0.05, 0) is 20.3 Å². The molecule has 0 unspecified atom stereocenters. The van der Waals surface area contributed by atoms with Crippen LogP contribution in [-0.2, 0) is 0 Å². The second-order valence-corrected chi connectivity index (χ2v) is 5.25. The predicted molar refractivity (Wildman–Crippen MR) is 68.6 cm³/mol. The van der Waals surface area contributed by atoms with Gasteiger partial charge in [0.25, 0.3) is 0 Å². The summed E-state index contributed by atoms with van der Waals surface area (Å²) in [5.41, 5.74) is 0.00232. The number of rotatable bonds is 10. The molecular weight excluding hydrogens is 202 g/mol. The Morgan fingerprint density at radius 3 is 2.06 bits per heavy atom. The minimum atomic E-state index is -0.189. The van der Waals surface area contributed by atoms with E-state index < -0.39 is 0 Å². The highest BCUT2D eigenvalue weighted by Gasteiger charge is 2.20. The summed E-state index contributed by atoms with van der Waals surface area (Å²) >= 11 is 0. The molecule has 0 bridgehead atoms. The van der Waals surface area contributed by atoms with E-state index in [4.69, 9.17) is 10.2 Å². The minimum absolute atomic E-state index is 0.00232. The Morgan fingerprint density at radius 2 is 1.56 bits per heavy atom. The summed E-state index contributed by atoms with van der Waals surface area (Å²) in [4.78, 5) is 0. The van der Waals surface area contributed by atoms with E-state index in [9.17, 15) is 0 Å². The monoisotopic (exact) mass is 231 g/mol. The van der Waals surface area contributed by atoms with Crippen LogP contribution in [0.5, 0.6) is 0 Å². The van der Waals surface area contributed by atoms with Gasteiger partial charge in [0.1, 0.15) is 0 Å². The lowest BCUT2D eigenvalue weighted by molar-refractivity contribution is 0.143. The second kappa shape index (κ2) is 8.97. The van der Waals surface area contributed by atoms with E-state index in [0.29, 0.717) is 0 Å². The van der Waals surface area contributed by atoms with Crippen molar-refractivity contribution in [3.63, 3.8) is 0 Å². The van der Waals surface area contributed by atoms with Crippen molar-refractivity contribution in [1.82, 2.24) is 5.32 Å². The molecule has 0 radical (unpaired) electrons. The predicted octanol–water partition coefficient (Wildman–Crippen LogP) is 2.07. The van der Waals surface area contributed by atoms with E-state index in [1.165, 1.54) is 32.1 Å². The first kappa shape index (κ1) is 15.9. The highest BCUT2D eigenvalue weighted by atomic mass is 16.3. The molecule has 3 N–H and O–H groups in total. The van der Waals surface area contributed by atoms with Gasteiger partial charge in [-0.15, -0.1) is 0 Å². The number of hydrogen-bond acceptors (Lipinski definition) is 3. The Bertz CT molecular complexity index is 156. The van der Waals surface area contributed by atoms with Crippen LogP contribution in [0.15, 0.2) is 0 Å². The molecular formula is C13H29NO2. The molecule has 0 aliphatic carbocycles. The fourth-order valence-electron chi connectivity index (χ4n) is 1.94. The average Bonchev–Trinajstić information content (AvgIpc) is 2.25. The van der Waals surface area contributed by atoms with Gasteiger partial charge in [-0.25, -0.2) is 0 Å². The maximum absolute atomic E-state index is 9.01. The quantitative estimate of drug-likeness (QED) is 0.505. The molecule has 0 aliphatic heterocycles. The van der Waals surface area contributed by atoms with Crippen LogP contribution in [0.3, 0.4) is 0 Å². The zero-order valence-corrected chi connectivity index (χ0v) is 11.1. The smallest absolute Gasteiger partial charge is 0.0607 e. The van der Waals surface area contributed by atoms with Crippen molar-refractivity contribution in [2.24, 2.45) is 0 Å². The first-order valence-corrected chi connectivity index (χ1v) is 6.55. The van der Waals surface area contributed by atoms with Gasteiger partial charge in [0.2, 0.25) is 0 Å². The number of nitrogens with one attached hydrogen (secondary N) is 1. The molecule has 0 saturated carbocycles. The van der Waals surface area contributed by atoms with Crippen LogP contribution in [-0.4, -0.2) is 35.0 Å². The van der Waals surface area contributed by atoms with E-state index in [-0.39, 0.29) is 24.8 Å². The summed E-state index contributed by atoms with van der Waals surface area (Å²) in [6.45, 7) is 6.47. The Kier molecular flexibility index (Phi) is 8.90. The summed E-state index contributed by atoms with van der Waals surface area (Å²) in [7, 11) is 0. The standard InChI is InChI=1S/C13H29NO2/c1-4-5-6-7-8-9-13(2,3)14-12(10-15)11-16/h12,14-16H,4-11H2,1-3H3. The fraction of sp³-hybridized carbons (Fsp3) is 1.00. The van der Waals surface area contributed by atoms with Crippen LogP contribution >= 0.6 is 0 Å². The van der Waals surface area contributed by atoms with Crippen molar-refractivity contribution in [1.29, 1.82) is 0 Å². The van der Waals surface area contributed by atoms with Gasteiger partial charge in [-0.3, -0.25) is 0 Å². The Morgan fingerprint density at radius 1 is 1.00 bits per heavy atom. The maximum atomic E-state index is 9.01. The second-order valence-electron chi connectivity index (χ2n) is 5.25. The van der Waals surface area contributed by atoms with Crippen molar-refractivity contribution in [2.75, 3.05) is 13.2 Å². The summed E-state index contributed by atoms with van der Waals surface area (Å²) < 4.78 is 0. The largest absolute Gasteiger partial charge is 0.395 e. The van der Waals surface area contributed by atoms with Crippen molar-refractivity contribution < 1.29 is 10.2 Å². The summed E-state index contributed by atoms with van der Waals surface area (Å²) in [5.74, 6) is 0. The SMILES string of the molecule is CCCCCCCC(C)(C)NC(CO)CO. The molecule has 0 fully saturated rings. The number of aliphatic hydroxyl groups excluding tert-OH is 2. The van der Waals surface area contributed by atoms with Gasteiger partial charge in [0.15, 0.2) is 0 Å². The molecule has 0 aromatic rings. The highest BCUT2D eigenvalue weighted by Crippen LogP contribution is 2.15. The molecule has 16 heavy (non-hydrogen) atoms. The van der Waals surface area contributed by atoms with E-state index in [0.717, 1.165) is 6.42 Å². The topological polar surface area (TPSA) is 52.5 Å². The zero-order chi connectivity index (χ0) is 12.4. The van der Waals surface area contributed by atoms with Gasteiger partial charge in [-0.1, -0.05) is 39.0 Å². The molecule has 98 valence electrons. The molecule has 0 aromatic heterocycles. The van der Waals surface area contributed by atoms with Gasteiger partial charge >= 0.3 is 0 Å². The lowest BCUT2D eigenvalue weighted by Crippen LogP contribution is -2.49. The molecule has 0 spiro atoms. The molecule has 3 nitrogen and oxygen atoms in total.